The van der Waals surface area contributed by atoms with Gasteiger partial charge in [0.1, 0.15) is 10.8 Å². The monoisotopic (exact) mass is 278 g/mol. The van der Waals surface area contributed by atoms with Crippen molar-refractivity contribution in [3.63, 3.8) is 0 Å². The zero-order valence-corrected chi connectivity index (χ0v) is 12.4. The Morgan fingerprint density at radius 3 is 2.79 bits per heavy atom. The van der Waals surface area contributed by atoms with Gasteiger partial charge >= 0.3 is 0 Å². The van der Waals surface area contributed by atoms with Crippen LogP contribution in [0.25, 0.3) is 0 Å². The number of nitrogens with zero attached hydrogens (tertiary/aromatic N) is 1. The normalized spacial score (nSPS) is 12.6. The highest BCUT2D eigenvalue weighted by Gasteiger charge is 2.19. The van der Waals surface area contributed by atoms with Crippen molar-refractivity contribution >= 4 is 11.3 Å². The van der Waals surface area contributed by atoms with Crippen LogP contribution in [0.5, 0.6) is 0 Å². The molecule has 0 saturated carbocycles. The molecule has 1 unspecified atom stereocenters. The van der Waals surface area contributed by atoms with Crippen molar-refractivity contribution in [3.8, 4) is 0 Å². The quantitative estimate of drug-likeness (QED) is 0.894. The van der Waals surface area contributed by atoms with E-state index in [0.29, 0.717) is 0 Å². The lowest BCUT2D eigenvalue weighted by atomic mass is 10.0. The van der Waals surface area contributed by atoms with Gasteiger partial charge in [-0.2, -0.15) is 0 Å². The Hall–Kier alpha value is -1.26. The molecule has 0 aliphatic heterocycles. The standard InChI is InChI=1S/C15H19FN2S/c1-4-7-17-14(15-18-11(3)9-19-15)13-8-12(16)6-5-10(13)2/h5-6,8-9,14,17H,4,7H2,1-3H3. The third kappa shape index (κ3) is 3.39. The molecule has 0 amide bonds. The van der Waals surface area contributed by atoms with E-state index in [1.807, 2.05) is 25.3 Å². The van der Waals surface area contributed by atoms with Gasteiger partial charge in [0.25, 0.3) is 0 Å². The van der Waals surface area contributed by atoms with E-state index in [4.69, 9.17) is 0 Å². The van der Waals surface area contributed by atoms with Crippen LogP contribution in [0.4, 0.5) is 4.39 Å². The van der Waals surface area contributed by atoms with Crippen molar-refractivity contribution in [2.75, 3.05) is 6.54 Å². The molecule has 102 valence electrons. The molecule has 2 rings (SSSR count). The van der Waals surface area contributed by atoms with Gasteiger partial charge in [0.05, 0.1) is 6.04 Å². The van der Waals surface area contributed by atoms with E-state index in [9.17, 15) is 4.39 Å². The van der Waals surface area contributed by atoms with E-state index in [1.165, 1.54) is 6.07 Å². The van der Waals surface area contributed by atoms with Gasteiger partial charge in [-0.1, -0.05) is 13.0 Å². The van der Waals surface area contributed by atoms with Crippen molar-refractivity contribution < 1.29 is 4.39 Å². The minimum absolute atomic E-state index is 0.0191. The number of halogens is 1. The second-order valence-corrected chi connectivity index (χ2v) is 5.60. The topological polar surface area (TPSA) is 24.9 Å². The maximum absolute atomic E-state index is 13.5. The van der Waals surface area contributed by atoms with Crippen molar-refractivity contribution in [1.29, 1.82) is 0 Å². The Labute approximate surface area is 117 Å². The molecule has 0 bridgehead atoms. The molecule has 0 saturated heterocycles. The number of rotatable bonds is 5. The van der Waals surface area contributed by atoms with Crippen LogP contribution in [0.1, 0.15) is 41.2 Å². The summed E-state index contributed by atoms with van der Waals surface area (Å²) in [6.07, 6.45) is 1.04. The van der Waals surface area contributed by atoms with Gasteiger partial charge in [-0.05, 0) is 50.1 Å². The lowest BCUT2D eigenvalue weighted by molar-refractivity contribution is 0.580. The summed E-state index contributed by atoms with van der Waals surface area (Å²) >= 11 is 1.62. The molecule has 0 aliphatic rings. The van der Waals surface area contributed by atoms with Gasteiger partial charge in [0, 0.05) is 11.1 Å². The van der Waals surface area contributed by atoms with E-state index in [-0.39, 0.29) is 11.9 Å². The minimum Gasteiger partial charge on any atom is -0.304 e. The summed E-state index contributed by atoms with van der Waals surface area (Å²) in [6.45, 7) is 7.00. The maximum Gasteiger partial charge on any atom is 0.123 e. The molecule has 1 aromatic heterocycles. The molecule has 1 heterocycles. The first kappa shape index (κ1) is 14.2. The van der Waals surface area contributed by atoms with Crippen LogP contribution in [-0.2, 0) is 0 Å². The molecule has 0 spiro atoms. The third-order valence-corrected chi connectivity index (χ3v) is 4.06. The number of nitrogens with one attached hydrogen (secondary N) is 1. The Morgan fingerprint density at radius 2 is 2.16 bits per heavy atom. The van der Waals surface area contributed by atoms with Crippen LogP contribution in [0, 0.1) is 19.7 Å². The average Bonchev–Trinajstić information content (AvgIpc) is 2.80. The first-order valence-electron chi connectivity index (χ1n) is 6.53. The van der Waals surface area contributed by atoms with Crippen LogP contribution in [0.2, 0.25) is 0 Å². The molecule has 0 fully saturated rings. The fraction of sp³-hybridized carbons (Fsp3) is 0.400. The van der Waals surface area contributed by atoms with Gasteiger partial charge in [-0.15, -0.1) is 11.3 Å². The highest BCUT2D eigenvalue weighted by Crippen LogP contribution is 2.28. The highest BCUT2D eigenvalue weighted by atomic mass is 32.1. The first-order valence-corrected chi connectivity index (χ1v) is 7.41. The van der Waals surface area contributed by atoms with Crippen LogP contribution in [0.3, 0.4) is 0 Å². The fourth-order valence-corrected chi connectivity index (χ4v) is 2.93. The third-order valence-electron chi connectivity index (χ3n) is 3.03. The second kappa shape index (κ2) is 6.26. The van der Waals surface area contributed by atoms with Crippen LogP contribution in [-0.4, -0.2) is 11.5 Å². The Morgan fingerprint density at radius 1 is 1.37 bits per heavy atom. The summed E-state index contributed by atoms with van der Waals surface area (Å²) in [5.41, 5.74) is 3.07. The molecule has 1 atom stereocenters. The molecule has 2 nitrogen and oxygen atoms in total. The van der Waals surface area contributed by atoms with Crippen LogP contribution in [0.15, 0.2) is 23.6 Å². The second-order valence-electron chi connectivity index (χ2n) is 4.72. The van der Waals surface area contributed by atoms with E-state index < -0.39 is 0 Å². The summed E-state index contributed by atoms with van der Waals surface area (Å²) in [5, 5.41) is 6.50. The molecular formula is C15H19FN2S. The lowest BCUT2D eigenvalue weighted by Crippen LogP contribution is -2.24. The van der Waals surface area contributed by atoms with Gasteiger partial charge in [-0.25, -0.2) is 9.37 Å². The van der Waals surface area contributed by atoms with Crippen molar-refractivity contribution in [2.45, 2.75) is 33.2 Å². The maximum atomic E-state index is 13.5. The smallest absolute Gasteiger partial charge is 0.123 e. The zero-order valence-electron chi connectivity index (χ0n) is 11.5. The lowest BCUT2D eigenvalue weighted by Gasteiger charge is -2.19. The molecule has 1 aromatic carbocycles. The summed E-state index contributed by atoms with van der Waals surface area (Å²) in [6, 6.07) is 4.92. The van der Waals surface area contributed by atoms with Crippen LogP contribution >= 0.6 is 11.3 Å². The minimum atomic E-state index is -0.197. The number of thiazole rings is 1. The summed E-state index contributed by atoms with van der Waals surface area (Å²) in [7, 11) is 0. The van der Waals surface area contributed by atoms with Gasteiger partial charge < -0.3 is 5.32 Å². The number of benzene rings is 1. The molecular weight excluding hydrogens is 259 g/mol. The largest absolute Gasteiger partial charge is 0.304 e. The SMILES string of the molecule is CCCNC(c1nc(C)cs1)c1cc(F)ccc1C. The van der Waals surface area contributed by atoms with E-state index >= 15 is 0 Å². The zero-order chi connectivity index (χ0) is 13.8. The Bertz CT molecular complexity index is 551. The van der Waals surface area contributed by atoms with E-state index in [2.05, 4.69) is 17.2 Å². The summed E-state index contributed by atoms with van der Waals surface area (Å²) < 4.78 is 13.5. The summed E-state index contributed by atoms with van der Waals surface area (Å²) in [4.78, 5) is 4.54. The van der Waals surface area contributed by atoms with Gasteiger partial charge in [0.2, 0.25) is 0 Å². The number of hydrogen-bond donors (Lipinski definition) is 1. The van der Waals surface area contributed by atoms with E-state index in [0.717, 1.165) is 34.8 Å². The first-order chi connectivity index (χ1) is 9.11. The van der Waals surface area contributed by atoms with Gasteiger partial charge in [-0.3, -0.25) is 0 Å². The molecule has 2 aromatic rings. The molecule has 19 heavy (non-hydrogen) atoms. The predicted molar refractivity (Wildman–Crippen MR) is 78.1 cm³/mol. The summed E-state index contributed by atoms with van der Waals surface area (Å²) in [5.74, 6) is -0.197. The highest BCUT2D eigenvalue weighted by molar-refractivity contribution is 7.09. The fourth-order valence-electron chi connectivity index (χ4n) is 2.05. The number of aryl methyl sites for hydroxylation is 2. The number of aromatic nitrogens is 1. The Kier molecular flexibility index (Phi) is 4.66. The van der Waals surface area contributed by atoms with Crippen molar-refractivity contribution in [1.82, 2.24) is 10.3 Å². The van der Waals surface area contributed by atoms with Gasteiger partial charge in [0.15, 0.2) is 0 Å². The van der Waals surface area contributed by atoms with Crippen LogP contribution < -0.4 is 5.32 Å². The predicted octanol–water partition coefficient (Wildman–Crippen LogP) is 3.99. The van der Waals surface area contributed by atoms with Crippen molar-refractivity contribution in [2.24, 2.45) is 0 Å². The molecule has 0 radical (unpaired) electrons. The Balaban J connectivity index is 2.39. The number of hydrogen-bond acceptors (Lipinski definition) is 3. The average molecular weight is 278 g/mol. The van der Waals surface area contributed by atoms with Crippen molar-refractivity contribution in [3.05, 3.63) is 51.2 Å². The van der Waals surface area contributed by atoms with E-state index in [1.54, 1.807) is 17.4 Å². The molecule has 4 heteroatoms. The molecule has 0 aliphatic carbocycles. The molecule has 1 N–H and O–H groups in total.